The Labute approximate surface area is 146 Å². The molecule has 3 rings (SSSR count). The van der Waals surface area contributed by atoms with E-state index in [9.17, 15) is 9.59 Å². The molecule has 2 aromatic carbocycles. The van der Waals surface area contributed by atoms with Gasteiger partial charge in [-0.05, 0) is 36.8 Å². The highest BCUT2D eigenvalue weighted by molar-refractivity contribution is 6.23. The lowest BCUT2D eigenvalue weighted by Crippen LogP contribution is -2.34. The average Bonchev–Trinajstić information content (AvgIpc) is 2.88. The lowest BCUT2D eigenvalue weighted by molar-refractivity contribution is -0.121. The van der Waals surface area contributed by atoms with Gasteiger partial charge in [0.05, 0.1) is 26.3 Å². The summed E-state index contributed by atoms with van der Waals surface area (Å²) in [5.41, 5.74) is 2.38. The van der Waals surface area contributed by atoms with Crippen LogP contribution in [0, 0.1) is 6.92 Å². The summed E-state index contributed by atoms with van der Waals surface area (Å²) < 4.78 is 10.4. The summed E-state index contributed by atoms with van der Waals surface area (Å²) in [7, 11) is 3.04. The van der Waals surface area contributed by atoms with Gasteiger partial charge in [-0.2, -0.15) is 0 Å². The second kappa shape index (κ2) is 6.84. The fourth-order valence-electron chi connectivity index (χ4n) is 2.92. The molecule has 130 valence electrons. The van der Waals surface area contributed by atoms with Crippen molar-refractivity contribution in [1.82, 2.24) is 0 Å². The first-order valence-electron chi connectivity index (χ1n) is 7.95. The molecule has 1 saturated heterocycles. The number of imide groups is 1. The number of carbonyl (C=O) groups excluding carboxylic acids is 2. The van der Waals surface area contributed by atoms with Crippen LogP contribution in [-0.4, -0.2) is 32.1 Å². The van der Waals surface area contributed by atoms with Crippen LogP contribution in [-0.2, 0) is 9.59 Å². The molecule has 0 saturated carbocycles. The number of amides is 2. The summed E-state index contributed by atoms with van der Waals surface area (Å²) in [4.78, 5) is 26.3. The molecule has 2 amide bonds. The maximum Gasteiger partial charge on any atom is 0.256 e. The van der Waals surface area contributed by atoms with Gasteiger partial charge in [-0.3, -0.25) is 9.59 Å². The third-order valence-corrected chi connectivity index (χ3v) is 4.13. The van der Waals surface area contributed by atoms with Gasteiger partial charge in [0.15, 0.2) is 11.5 Å². The quantitative estimate of drug-likeness (QED) is 0.848. The highest BCUT2D eigenvalue weighted by Crippen LogP contribution is 2.34. The zero-order valence-electron chi connectivity index (χ0n) is 14.4. The van der Waals surface area contributed by atoms with Crippen molar-refractivity contribution in [2.24, 2.45) is 0 Å². The van der Waals surface area contributed by atoms with Gasteiger partial charge in [0.1, 0.15) is 6.04 Å². The second-order valence-corrected chi connectivity index (χ2v) is 5.88. The van der Waals surface area contributed by atoms with Crippen molar-refractivity contribution < 1.29 is 19.1 Å². The fourth-order valence-corrected chi connectivity index (χ4v) is 2.92. The summed E-state index contributed by atoms with van der Waals surface area (Å²) in [6.07, 6.45) is 0.112. The minimum Gasteiger partial charge on any atom is -0.493 e. The molecule has 25 heavy (non-hydrogen) atoms. The molecule has 1 N–H and O–H groups in total. The van der Waals surface area contributed by atoms with Gasteiger partial charge in [0.2, 0.25) is 5.91 Å². The predicted molar refractivity (Wildman–Crippen MR) is 95.2 cm³/mol. The van der Waals surface area contributed by atoms with E-state index in [1.807, 2.05) is 31.2 Å². The molecular weight excluding hydrogens is 320 g/mol. The van der Waals surface area contributed by atoms with Gasteiger partial charge < -0.3 is 14.8 Å². The van der Waals surface area contributed by atoms with Gasteiger partial charge in [0.25, 0.3) is 5.91 Å². The van der Waals surface area contributed by atoms with Crippen LogP contribution in [0.15, 0.2) is 42.5 Å². The largest absolute Gasteiger partial charge is 0.493 e. The van der Waals surface area contributed by atoms with E-state index in [0.717, 1.165) is 11.3 Å². The molecule has 6 heteroatoms. The lowest BCUT2D eigenvalue weighted by Gasteiger charge is -2.18. The molecule has 1 atom stereocenters. The van der Waals surface area contributed by atoms with Crippen LogP contribution >= 0.6 is 0 Å². The molecule has 2 aromatic rings. The van der Waals surface area contributed by atoms with Crippen molar-refractivity contribution in [1.29, 1.82) is 0 Å². The molecule has 6 nitrogen and oxygen atoms in total. The first kappa shape index (κ1) is 16.8. The number of nitrogens with zero attached hydrogens (tertiary/aromatic N) is 1. The number of hydrogen-bond donors (Lipinski definition) is 1. The maximum atomic E-state index is 12.7. The van der Waals surface area contributed by atoms with Crippen LogP contribution in [0.5, 0.6) is 11.5 Å². The van der Waals surface area contributed by atoms with E-state index in [-0.39, 0.29) is 18.2 Å². The lowest BCUT2D eigenvalue weighted by atomic mass is 10.2. The highest BCUT2D eigenvalue weighted by atomic mass is 16.5. The van der Waals surface area contributed by atoms with Gasteiger partial charge in [-0.15, -0.1) is 0 Å². The number of methoxy groups -OCH3 is 2. The second-order valence-electron chi connectivity index (χ2n) is 5.88. The Morgan fingerprint density at radius 3 is 2.48 bits per heavy atom. The van der Waals surface area contributed by atoms with E-state index in [2.05, 4.69) is 5.32 Å². The van der Waals surface area contributed by atoms with E-state index in [1.165, 1.54) is 19.1 Å². The van der Waals surface area contributed by atoms with Crippen molar-refractivity contribution in [3.63, 3.8) is 0 Å². The Balaban J connectivity index is 1.84. The molecule has 0 radical (unpaired) electrons. The first-order chi connectivity index (χ1) is 12.0. The molecular formula is C19H20N2O4. The number of ether oxygens (including phenoxy) is 2. The highest BCUT2D eigenvalue weighted by Gasteiger charge is 2.39. The Kier molecular flexibility index (Phi) is 4.61. The Morgan fingerprint density at radius 1 is 1.04 bits per heavy atom. The zero-order valence-corrected chi connectivity index (χ0v) is 14.4. The monoisotopic (exact) mass is 340 g/mol. The van der Waals surface area contributed by atoms with Crippen LogP contribution < -0.4 is 19.7 Å². The number of hydrogen-bond acceptors (Lipinski definition) is 5. The van der Waals surface area contributed by atoms with E-state index in [1.54, 1.807) is 18.2 Å². The average molecular weight is 340 g/mol. The predicted octanol–water partition coefficient (Wildman–Crippen LogP) is 2.76. The molecule has 0 bridgehead atoms. The summed E-state index contributed by atoms with van der Waals surface area (Å²) in [5, 5.41) is 3.14. The molecule has 1 aliphatic rings. The van der Waals surface area contributed by atoms with Crippen molar-refractivity contribution in [3.05, 3.63) is 48.0 Å². The number of aryl methyl sites for hydroxylation is 1. The Bertz CT molecular complexity index is 819. The number of benzene rings is 2. The molecule has 0 spiro atoms. The van der Waals surface area contributed by atoms with E-state index in [4.69, 9.17) is 9.47 Å². The Hall–Kier alpha value is -3.02. The van der Waals surface area contributed by atoms with Crippen LogP contribution in [0.4, 0.5) is 11.4 Å². The molecule has 1 aliphatic heterocycles. The number of anilines is 2. The summed E-state index contributed by atoms with van der Waals surface area (Å²) in [6, 6.07) is 12.1. The topological polar surface area (TPSA) is 67.9 Å². The zero-order chi connectivity index (χ0) is 18.0. The normalized spacial score (nSPS) is 16.9. The molecule has 0 unspecified atom stereocenters. The number of nitrogens with one attached hydrogen (secondary N) is 1. The van der Waals surface area contributed by atoms with Crippen LogP contribution in [0.3, 0.4) is 0 Å². The van der Waals surface area contributed by atoms with Gasteiger partial charge in [-0.1, -0.05) is 12.1 Å². The van der Waals surface area contributed by atoms with Crippen molar-refractivity contribution in [3.8, 4) is 11.5 Å². The molecule has 0 aliphatic carbocycles. The van der Waals surface area contributed by atoms with Crippen LogP contribution in [0.1, 0.15) is 12.0 Å². The third kappa shape index (κ3) is 3.28. The molecule has 1 fully saturated rings. The maximum absolute atomic E-state index is 12.7. The minimum atomic E-state index is -0.581. The minimum absolute atomic E-state index is 0.112. The number of carbonyl (C=O) groups is 2. The van der Waals surface area contributed by atoms with Gasteiger partial charge >= 0.3 is 0 Å². The van der Waals surface area contributed by atoms with Crippen molar-refractivity contribution >= 4 is 23.2 Å². The van der Waals surface area contributed by atoms with E-state index in [0.29, 0.717) is 17.2 Å². The van der Waals surface area contributed by atoms with Gasteiger partial charge in [-0.25, -0.2) is 4.90 Å². The van der Waals surface area contributed by atoms with Crippen LogP contribution in [0.2, 0.25) is 0 Å². The van der Waals surface area contributed by atoms with E-state index < -0.39 is 6.04 Å². The van der Waals surface area contributed by atoms with Crippen LogP contribution in [0.25, 0.3) is 0 Å². The summed E-state index contributed by atoms with van der Waals surface area (Å²) >= 11 is 0. The van der Waals surface area contributed by atoms with Crippen molar-refractivity contribution in [2.45, 2.75) is 19.4 Å². The summed E-state index contributed by atoms with van der Waals surface area (Å²) in [5.74, 6) is 0.483. The SMILES string of the molecule is COc1ccc(N2C(=O)C[C@H](Nc3cccc(C)c3)C2=O)cc1OC. The molecule has 0 aromatic heterocycles. The van der Waals surface area contributed by atoms with E-state index >= 15 is 0 Å². The smallest absolute Gasteiger partial charge is 0.256 e. The Morgan fingerprint density at radius 2 is 1.80 bits per heavy atom. The fraction of sp³-hybridized carbons (Fsp3) is 0.263. The summed E-state index contributed by atoms with van der Waals surface area (Å²) in [6.45, 7) is 1.97. The molecule has 1 heterocycles. The van der Waals surface area contributed by atoms with Gasteiger partial charge in [0, 0.05) is 11.8 Å². The third-order valence-electron chi connectivity index (χ3n) is 4.13. The first-order valence-corrected chi connectivity index (χ1v) is 7.95. The number of rotatable bonds is 5. The van der Waals surface area contributed by atoms with Crippen molar-refractivity contribution in [2.75, 3.05) is 24.4 Å². The standard InChI is InChI=1S/C19H20N2O4/c1-12-5-4-6-13(9-12)20-15-11-18(22)21(19(15)23)14-7-8-16(24-2)17(10-14)25-3/h4-10,15,20H,11H2,1-3H3/t15-/m0/s1.